The van der Waals surface area contributed by atoms with Crippen molar-refractivity contribution in [3.05, 3.63) is 0 Å². The van der Waals surface area contributed by atoms with Crippen LogP contribution in [0.1, 0.15) is 44.9 Å². The van der Waals surface area contributed by atoms with Crippen LogP contribution >= 0.6 is 0 Å². The summed E-state index contributed by atoms with van der Waals surface area (Å²) in [5.74, 6) is -1.11. The highest BCUT2D eigenvalue weighted by Crippen LogP contribution is 2.27. The third-order valence-electron chi connectivity index (χ3n) is 2.91. The Kier molecular flexibility index (Phi) is 4.38. The molecular formula is C11H15F3N2O. The molecule has 1 aliphatic carbocycles. The highest BCUT2D eigenvalue weighted by atomic mass is 19.4. The largest absolute Gasteiger partial charge is 0.397 e. The van der Waals surface area contributed by atoms with Crippen LogP contribution in [0.5, 0.6) is 0 Å². The van der Waals surface area contributed by atoms with E-state index in [1.165, 1.54) is 0 Å². The van der Waals surface area contributed by atoms with Gasteiger partial charge in [0.2, 0.25) is 5.91 Å². The summed E-state index contributed by atoms with van der Waals surface area (Å²) in [5.41, 5.74) is -1.10. The fourth-order valence-electron chi connectivity index (χ4n) is 2.09. The molecule has 0 atom stereocenters. The van der Waals surface area contributed by atoms with Gasteiger partial charge in [0, 0.05) is 0 Å². The molecule has 3 nitrogen and oxygen atoms in total. The van der Waals surface area contributed by atoms with Gasteiger partial charge in [0.25, 0.3) is 0 Å². The molecule has 6 heteroatoms. The summed E-state index contributed by atoms with van der Waals surface area (Å²) in [7, 11) is 0. The van der Waals surface area contributed by atoms with Crippen LogP contribution in [0, 0.1) is 11.3 Å². The number of nitrogens with zero attached hydrogens (tertiary/aromatic N) is 1. The summed E-state index contributed by atoms with van der Waals surface area (Å²) in [6.07, 6.45) is -1.72. The number of nitriles is 1. The van der Waals surface area contributed by atoms with Crippen molar-refractivity contribution in [3.63, 3.8) is 0 Å². The van der Waals surface area contributed by atoms with Crippen LogP contribution in [-0.4, -0.2) is 17.6 Å². The molecule has 0 aromatic carbocycles. The van der Waals surface area contributed by atoms with Gasteiger partial charge in [-0.05, 0) is 12.8 Å². The van der Waals surface area contributed by atoms with E-state index in [-0.39, 0.29) is 0 Å². The summed E-state index contributed by atoms with van der Waals surface area (Å²) in [6.45, 7) is 0. The van der Waals surface area contributed by atoms with Crippen LogP contribution in [-0.2, 0) is 4.79 Å². The minimum atomic E-state index is -4.52. The molecule has 17 heavy (non-hydrogen) atoms. The van der Waals surface area contributed by atoms with Crippen molar-refractivity contribution in [1.29, 1.82) is 5.26 Å². The number of hydrogen-bond donors (Lipinski definition) is 1. The molecule has 1 fully saturated rings. The van der Waals surface area contributed by atoms with Crippen molar-refractivity contribution in [2.24, 2.45) is 0 Å². The van der Waals surface area contributed by atoms with E-state index < -0.39 is 24.0 Å². The fourth-order valence-corrected chi connectivity index (χ4v) is 2.09. The van der Waals surface area contributed by atoms with Gasteiger partial charge in [-0.1, -0.05) is 25.7 Å². The van der Waals surface area contributed by atoms with Crippen molar-refractivity contribution >= 4 is 5.91 Å². The van der Waals surface area contributed by atoms with Gasteiger partial charge in [-0.2, -0.15) is 18.4 Å². The topological polar surface area (TPSA) is 52.9 Å². The highest BCUT2D eigenvalue weighted by Gasteiger charge is 2.37. The quantitative estimate of drug-likeness (QED) is 0.764. The van der Waals surface area contributed by atoms with E-state index in [1.54, 1.807) is 0 Å². The van der Waals surface area contributed by atoms with Crippen molar-refractivity contribution in [2.75, 3.05) is 0 Å². The average Bonchev–Trinajstić information content (AvgIpc) is 2.41. The van der Waals surface area contributed by atoms with Gasteiger partial charge in [0.1, 0.15) is 12.0 Å². The van der Waals surface area contributed by atoms with E-state index in [0.29, 0.717) is 12.8 Å². The zero-order chi connectivity index (χ0) is 12.9. The molecule has 1 N–H and O–H groups in total. The first-order chi connectivity index (χ1) is 7.87. The van der Waals surface area contributed by atoms with Crippen LogP contribution in [0.15, 0.2) is 0 Å². The van der Waals surface area contributed by atoms with Gasteiger partial charge in [0.05, 0.1) is 6.07 Å². The van der Waals surface area contributed by atoms with Crippen molar-refractivity contribution < 1.29 is 18.0 Å². The Morgan fingerprint density at radius 3 is 2.18 bits per heavy atom. The Labute approximate surface area is 98.0 Å². The molecule has 1 saturated carbocycles. The minimum Gasteiger partial charge on any atom is -0.338 e. The van der Waals surface area contributed by atoms with Crippen LogP contribution in [0.3, 0.4) is 0 Å². The second-order valence-corrected chi connectivity index (χ2v) is 4.45. The summed E-state index contributed by atoms with van der Waals surface area (Å²) in [6, 6.07) is 1.97. The molecule has 0 spiro atoms. The second kappa shape index (κ2) is 5.39. The Hall–Kier alpha value is -1.25. The molecular weight excluding hydrogens is 233 g/mol. The molecule has 0 unspecified atom stereocenters. The first-order valence-corrected chi connectivity index (χ1v) is 5.66. The van der Waals surface area contributed by atoms with E-state index in [9.17, 15) is 18.0 Å². The maximum absolute atomic E-state index is 12.0. The summed E-state index contributed by atoms with van der Waals surface area (Å²) < 4.78 is 36.1. The maximum atomic E-state index is 12.0. The Morgan fingerprint density at radius 2 is 1.76 bits per heavy atom. The SMILES string of the molecule is N#CC1(NC(=O)CC(F)(F)F)CCCCCC1. The van der Waals surface area contributed by atoms with Crippen molar-refractivity contribution in [2.45, 2.75) is 56.7 Å². The van der Waals surface area contributed by atoms with E-state index in [0.717, 1.165) is 25.7 Å². The Morgan fingerprint density at radius 1 is 1.24 bits per heavy atom. The third kappa shape index (κ3) is 4.63. The van der Waals surface area contributed by atoms with Crippen molar-refractivity contribution in [3.8, 4) is 6.07 Å². The number of hydrogen-bond acceptors (Lipinski definition) is 2. The average molecular weight is 248 g/mol. The molecule has 0 saturated heterocycles. The second-order valence-electron chi connectivity index (χ2n) is 4.45. The highest BCUT2D eigenvalue weighted by molar-refractivity contribution is 5.78. The van der Waals surface area contributed by atoms with Gasteiger partial charge in [-0.25, -0.2) is 0 Å². The zero-order valence-electron chi connectivity index (χ0n) is 9.44. The standard InChI is InChI=1S/C11H15F3N2O/c12-11(13,14)7-9(17)16-10(8-15)5-3-1-2-4-6-10/h1-7H2,(H,16,17). The monoisotopic (exact) mass is 248 g/mol. The number of nitrogens with one attached hydrogen (secondary N) is 1. The summed E-state index contributed by atoms with van der Waals surface area (Å²) in [4.78, 5) is 11.2. The fraction of sp³-hybridized carbons (Fsp3) is 0.818. The number of halogens is 3. The molecule has 0 aromatic rings. The van der Waals surface area contributed by atoms with Crippen LogP contribution in [0.2, 0.25) is 0 Å². The van der Waals surface area contributed by atoms with Gasteiger partial charge in [0.15, 0.2) is 0 Å². The van der Waals surface area contributed by atoms with Crippen molar-refractivity contribution in [1.82, 2.24) is 5.32 Å². The number of carbonyl (C=O) groups is 1. The van der Waals surface area contributed by atoms with Crippen LogP contribution in [0.25, 0.3) is 0 Å². The first kappa shape index (κ1) is 13.8. The smallest absolute Gasteiger partial charge is 0.338 e. The predicted octanol–water partition coefficient (Wildman–Crippen LogP) is 2.67. The van der Waals surface area contributed by atoms with Gasteiger partial charge in [-0.3, -0.25) is 4.79 Å². The first-order valence-electron chi connectivity index (χ1n) is 5.66. The lowest BCUT2D eigenvalue weighted by Crippen LogP contribution is -2.48. The van der Waals surface area contributed by atoms with Gasteiger partial charge in [-0.15, -0.1) is 0 Å². The zero-order valence-corrected chi connectivity index (χ0v) is 9.44. The minimum absolute atomic E-state index is 0.438. The number of alkyl halides is 3. The van der Waals surface area contributed by atoms with E-state index in [1.807, 2.05) is 6.07 Å². The van der Waals surface area contributed by atoms with Crippen LogP contribution < -0.4 is 5.32 Å². The molecule has 0 aliphatic heterocycles. The lowest BCUT2D eigenvalue weighted by Gasteiger charge is -2.26. The van der Waals surface area contributed by atoms with Gasteiger partial charge >= 0.3 is 6.18 Å². The molecule has 0 aromatic heterocycles. The van der Waals surface area contributed by atoms with E-state index >= 15 is 0 Å². The molecule has 1 rings (SSSR count). The molecule has 0 radical (unpaired) electrons. The Bertz CT molecular complexity index is 312. The van der Waals surface area contributed by atoms with E-state index in [2.05, 4.69) is 5.32 Å². The lowest BCUT2D eigenvalue weighted by molar-refractivity contribution is -0.154. The summed E-state index contributed by atoms with van der Waals surface area (Å²) in [5, 5.41) is 11.3. The lowest BCUT2D eigenvalue weighted by atomic mass is 9.91. The molecule has 1 amide bonds. The predicted molar refractivity (Wildman–Crippen MR) is 54.9 cm³/mol. The number of rotatable bonds is 2. The molecule has 0 bridgehead atoms. The van der Waals surface area contributed by atoms with Crippen LogP contribution in [0.4, 0.5) is 13.2 Å². The third-order valence-corrected chi connectivity index (χ3v) is 2.91. The number of carbonyl (C=O) groups excluding carboxylic acids is 1. The maximum Gasteiger partial charge on any atom is 0.397 e. The normalized spacial score (nSPS) is 20.1. The molecule has 0 heterocycles. The van der Waals surface area contributed by atoms with E-state index in [4.69, 9.17) is 5.26 Å². The Balaban J connectivity index is 2.62. The summed E-state index contributed by atoms with van der Waals surface area (Å²) >= 11 is 0. The number of amides is 1. The van der Waals surface area contributed by atoms with Gasteiger partial charge < -0.3 is 5.32 Å². The molecule has 1 aliphatic rings. The molecule has 96 valence electrons.